The second-order valence-corrected chi connectivity index (χ2v) is 9.03. The molecule has 158 valence electrons. The first-order valence-electron chi connectivity index (χ1n) is 10.0. The van der Waals surface area contributed by atoms with Crippen molar-refractivity contribution < 1.29 is 4.79 Å². The minimum Gasteiger partial charge on any atom is -0.324 e. The van der Waals surface area contributed by atoms with Crippen molar-refractivity contribution in [2.45, 2.75) is 33.2 Å². The van der Waals surface area contributed by atoms with Crippen molar-refractivity contribution in [3.05, 3.63) is 80.7 Å². The molecule has 0 bridgehead atoms. The normalized spacial score (nSPS) is 12.1. The zero-order valence-electron chi connectivity index (χ0n) is 17.5. The molecular weight excluding hydrogens is 430 g/mol. The highest BCUT2D eigenvalue weighted by atomic mass is 35.5. The third-order valence-electron chi connectivity index (χ3n) is 5.37. The number of rotatable bonds is 5. The summed E-state index contributed by atoms with van der Waals surface area (Å²) >= 11 is 7.50. The Kier molecular flexibility index (Phi) is 5.94. The molecule has 31 heavy (non-hydrogen) atoms. The average molecular weight is 452 g/mol. The molecule has 2 aromatic carbocycles. The van der Waals surface area contributed by atoms with E-state index >= 15 is 0 Å². The summed E-state index contributed by atoms with van der Waals surface area (Å²) in [6.07, 6.45) is 2.39. The molecule has 1 N–H and O–H groups in total. The molecule has 0 saturated carbocycles. The number of benzene rings is 2. The number of fused-ring (bicyclic) bond motifs is 1. The van der Waals surface area contributed by atoms with E-state index < -0.39 is 6.04 Å². The number of hydrogen-bond acceptors (Lipinski definition) is 4. The highest BCUT2D eigenvalue weighted by Crippen LogP contribution is 2.36. The number of aryl methyl sites for hydroxylation is 2. The maximum atomic E-state index is 13.4. The van der Waals surface area contributed by atoms with E-state index in [0.29, 0.717) is 20.9 Å². The van der Waals surface area contributed by atoms with Crippen LogP contribution in [-0.2, 0) is 11.2 Å². The molecule has 0 aliphatic carbocycles. The predicted octanol–water partition coefficient (Wildman–Crippen LogP) is 5.85. The maximum Gasteiger partial charge on any atom is 0.263 e. The highest BCUT2D eigenvalue weighted by molar-refractivity contribution is 7.19. The van der Waals surface area contributed by atoms with Crippen LogP contribution in [0.5, 0.6) is 0 Å². The first-order chi connectivity index (χ1) is 14.9. The van der Waals surface area contributed by atoms with Crippen molar-refractivity contribution in [2.75, 3.05) is 5.32 Å². The Morgan fingerprint density at radius 1 is 1.16 bits per heavy atom. The number of nitrogens with one attached hydrogen (secondary N) is 1. The summed E-state index contributed by atoms with van der Waals surface area (Å²) in [6.45, 7) is 5.75. The first kappa shape index (κ1) is 21.3. The van der Waals surface area contributed by atoms with Crippen molar-refractivity contribution in [3.8, 4) is 11.1 Å². The maximum absolute atomic E-state index is 13.4. The molecule has 1 atom stereocenters. The number of hydrogen-bond donors (Lipinski definition) is 1. The Bertz CT molecular complexity index is 1310. The Morgan fingerprint density at radius 2 is 1.84 bits per heavy atom. The van der Waals surface area contributed by atoms with Gasteiger partial charge in [0.1, 0.15) is 10.9 Å². The average Bonchev–Trinajstić information content (AvgIpc) is 3.11. The van der Waals surface area contributed by atoms with Gasteiger partial charge in [-0.2, -0.15) is 0 Å². The number of aromatic nitrogens is 2. The van der Waals surface area contributed by atoms with Gasteiger partial charge in [-0.05, 0) is 55.7 Å². The summed E-state index contributed by atoms with van der Waals surface area (Å²) in [5, 5.41) is 4.05. The van der Waals surface area contributed by atoms with Crippen LogP contribution in [0.25, 0.3) is 21.3 Å². The largest absolute Gasteiger partial charge is 0.324 e. The molecule has 4 aromatic rings. The van der Waals surface area contributed by atoms with Gasteiger partial charge in [-0.15, -0.1) is 11.3 Å². The number of thiophene rings is 1. The summed E-state index contributed by atoms with van der Waals surface area (Å²) < 4.78 is 1.39. The third kappa shape index (κ3) is 4.13. The Morgan fingerprint density at radius 3 is 2.48 bits per heavy atom. The van der Waals surface area contributed by atoms with E-state index in [-0.39, 0.29) is 11.5 Å². The summed E-state index contributed by atoms with van der Waals surface area (Å²) in [5.74, 6) is -0.271. The van der Waals surface area contributed by atoms with Gasteiger partial charge >= 0.3 is 0 Å². The van der Waals surface area contributed by atoms with E-state index in [1.807, 2.05) is 43.3 Å². The SMILES string of the molecule is CCc1ccc(NC(=O)C(C)n2cnc3sc(C)c(-c4ccc(Cl)cc4)c3c2=O)cc1. The van der Waals surface area contributed by atoms with Crippen LogP contribution >= 0.6 is 22.9 Å². The summed E-state index contributed by atoms with van der Waals surface area (Å²) in [7, 11) is 0. The number of amides is 1. The van der Waals surface area contributed by atoms with Gasteiger partial charge in [-0.25, -0.2) is 4.98 Å². The highest BCUT2D eigenvalue weighted by Gasteiger charge is 2.22. The van der Waals surface area contributed by atoms with Crippen LogP contribution in [0, 0.1) is 6.92 Å². The zero-order chi connectivity index (χ0) is 22.1. The molecule has 5 nitrogen and oxygen atoms in total. The molecule has 7 heteroatoms. The van der Waals surface area contributed by atoms with Gasteiger partial charge in [-0.3, -0.25) is 14.2 Å². The number of carbonyl (C=O) groups is 1. The molecule has 0 fully saturated rings. The van der Waals surface area contributed by atoms with E-state index in [1.165, 1.54) is 27.8 Å². The Hall–Kier alpha value is -2.96. The van der Waals surface area contributed by atoms with Crippen molar-refractivity contribution in [1.82, 2.24) is 9.55 Å². The first-order valence-corrected chi connectivity index (χ1v) is 11.2. The lowest BCUT2D eigenvalue weighted by Gasteiger charge is -2.15. The standard InChI is InChI=1S/C24H22ClN3O2S/c1-4-16-5-11-19(12-6-16)27-22(29)14(2)28-13-26-23-21(24(28)30)20(15(3)31-23)17-7-9-18(25)10-8-17/h5-14H,4H2,1-3H3,(H,27,29). The second-order valence-electron chi connectivity index (χ2n) is 7.39. The molecule has 0 spiro atoms. The van der Waals surface area contributed by atoms with Crippen LogP contribution in [0.1, 0.15) is 30.3 Å². The molecule has 1 unspecified atom stereocenters. The molecule has 0 radical (unpaired) electrons. The van der Waals surface area contributed by atoms with Crippen LogP contribution in [0.15, 0.2) is 59.7 Å². The van der Waals surface area contributed by atoms with Gasteiger partial charge in [0.15, 0.2) is 0 Å². The molecule has 0 aliphatic rings. The van der Waals surface area contributed by atoms with Gasteiger partial charge in [-0.1, -0.05) is 42.8 Å². The molecule has 4 rings (SSSR count). The third-order valence-corrected chi connectivity index (χ3v) is 6.64. The van der Waals surface area contributed by atoms with E-state index in [0.717, 1.165) is 22.4 Å². The lowest BCUT2D eigenvalue weighted by Crippen LogP contribution is -2.31. The summed E-state index contributed by atoms with van der Waals surface area (Å²) in [4.78, 5) is 32.4. The van der Waals surface area contributed by atoms with E-state index in [1.54, 1.807) is 19.1 Å². The summed E-state index contributed by atoms with van der Waals surface area (Å²) in [6, 6.07) is 14.4. The quantitative estimate of drug-likeness (QED) is 0.414. The van der Waals surface area contributed by atoms with E-state index in [9.17, 15) is 9.59 Å². The zero-order valence-corrected chi connectivity index (χ0v) is 19.1. The van der Waals surface area contributed by atoms with Gasteiger partial charge in [0, 0.05) is 21.2 Å². The van der Waals surface area contributed by atoms with Crippen LogP contribution in [-0.4, -0.2) is 15.5 Å². The molecule has 0 aliphatic heterocycles. The molecular formula is C24H22ClN3O2S. The van der Waals surface area contributed by atoms with Crippen molar-refractivity contribution in [2.24, 2.45) is 0 Å². The van der Waals surface area contributed by atoms with E-state index in [4.69, 9.17) is 11.6 Å². The van der Waals surface area contributed by atoms with Crippen molar-refractivity contribution in [3.63, 3.8) is 0 Å². The van der Waals surface area contributed by atoms with Gasteiger partial charge < -0.3 is 5.32 Å². The molecule has 2 heterocycles. The number of anilines is 1. The fraction of sp³-hybridized carbons (Fsp3) is 0.208. The Labute approximate surface area is 189 Å². The molecule has 0 saturated heterocycles. The molecule has 1 amide bonds. The van der Waals surface area contributed by atoms with Crippen LogP contribution in [0.2, 0.25) is 5.02 Å². The van der Waals surface area contributed by atoms with Gasteiger partial charge in [0.25, 0.3) is 5.56 Å². The fourth-order valence-corrected chi connectivity index (χ4v) is 4.68. The van der Waals surface area contributed by atoms with Crippen LogP contribution in [0.4, 0.5) is 5.69 Å². The molecule has 2 aromatic heterocycles. The topological polar surface area (TPSA) is 64.0 Å². The number of nitrogens with zero attached hydrogens (tertiary/aromatic N) is 2. The predicted molar refractivity (Wildman–Crippen MR) is 128 cm³/mol. The lowest BCUT2D eigenvalue weighted by atomic mass is 10.0. The van der Waals surface area contributed by atoms with Crippen molar-refractivity contribution in [1.29, 1.82) is 0 Å². The van der Waals surface area contributed by atoms with Gasteiger partial charge in [0.2, 0.25) is 5.91 Å². The number of halogens is 1. The van der Waals surface area contributed by atoms with Crippen LogP contribution < -0.4 is 10.9 Å². The minimum atomic E-state index is -0.714. The fourth-order valence-electron chi connectivity index (χ4n) is 3.55. The van der Waals surface area contributed by atoms with Crippen molar-refractivity contribution >= 4 is 44.7 Å². The lowest BCUT2D eigenvalue weighted by molar-refractivity contribution is -0.118. The van der Waals surface area contributed by atoms with E-state index in [2.05, 4.69) is 17.2 Å². The van der Waals surface area contributed by atoms with Crippen LogP contribution in [0.3, 0.4) is 0 Å². The second kappa shape index (κ2) is 8.65. The number of carbonyl (C=O) groups excluding carboxylic acids is 1. The monoisotopic (exact) mass is 451 g/mol. The Balaban J connectivity index is 1.71. The van der Waals surface area contributed by atoms with Gasteiger partial charge in [0.05, 0.1) is 11.7 Å². The summed E-state index contributed by atoms with van der Waals surface area (Å²) in [5.41, 5.74) is 3.40. The minimum absolute atomic E-state index is 0.233. The smallest absolute Gasteiger partial charge is 0.263 e.